The molecule has 0 fully saturated rings. The van der Waals surface area contributed by atoms with Gasteiger partial charge in [-0.2, -0.15) is 14.6 Å². The molecule has 4 aromatic rings. The fourth-order valence-electron chi connectivity index (χ4n) is 2.83. The van der Waals surface area contributed by atoms with E-state index >= 15 is 0 Å². The van der Waals surface area contributed by atoms with Crippen LogP contribution in [0.2, 0.25) is 0 Å². The second-order valence-corrected chi connectivity index (χ2v) is 7.53. The number of thioether (sulfide) groups is 1. The van der Waals surface area contributed by atoms with E-state index in [0.717, 1.165) is 0 Å². The summed E-state index contributed by atoms with van der Waals surface area (Å²) in [5.74, 6) is -0.0323. The second kappa shape index (κ2) is 7.40. The highest BCUT2D eigenvalue weighted by atomic mass is 32.2. The third-order valence-corrected chi connectivity index (χ3v) is 5.43. The number of para-hydroxylation sites is 1. The fourth-order valence-corrected chi connectivity index (χ4v) is 3.56. The Bertz CT molecular complexity index is 1240. The Morgan fingerprint density at radius 3 is 2.57 bits per heavy atom. The largest absolute Gasteiger partial charge is 0.480 e. The number of carboxylic acid groups (broad SMARTS) is 1. The van der Waals surface area contributed by atoms with E-state index < -0.39 is 16.8 Å². The molecular weight excluding hydrogens is 376 g/mol. The van der Waals surface area contributed by atoms with Crippen molar-refractivity contribution >= 4 is 34.3 Å². The maximum absolute atomic E-state index is 12.7. The van der Waals surface area contributed by atoms with E-state index in [1.165, 1.54) is 11.8 Å². The summed E-state index contributed by atoms with van der Waals surface area (Å²) in [4.78, 5) is 32.7. The van der Waals surface area contributed by atoms with Crippen molar-refractivity contribution in [1.82, 2.24) is 19.6 Å². The number of nitrogens with zero attached hydrogens (tertiary/aromatic N) is 4. The van der Waals surface area contributed by atoms with Gasteiger partial charge in [0.25, 0.3) is 5.56 Å². The maximum Gasteiger partial charge on any atom is 0.316 e. The Morgan fingerprint density at radius 1 is 1.11 bits per heavy atom. The smallest absolute Gasteiger partial charge is 0.316 e. The van der Waals surface area contributed by atoms with Crippen LogP contribution in [0.25, 0.3) is 27.8 Å². The van der Waals surface area contributed by atoms with Gasteiger partial charge in [-0.3, -0.25) is 9.59 Å². The molecule has 4 rings (SSSR count). The minimum absolute atomic E-state index is 0.229. The van der Waals surface area contributed by atoms with Crippen LogP contribution < -0.4 is 5.56 Å². The Hall–Kier alpha value is -3.26. The summed E-state index contributed by atoms with van der Waals surface area (Å²) in [6.07, 6.45) is 0. The lowest BCUT2D eigenvalue weighted by Gasteiger charge is -2.12. The molecule has 0 aliphatic heterocycles. The van der Waals surface area contributed by atoms with E-state index in [1.54, 1.807) is 23.6 Å². The summed E-state index contributed by atoms with van der Waals surface area (Å²) in [6.45, 7) is 1.62. The molecule has 0 unspecified atom stereocenters. The van der Waals surface area contributed by atoms with Crippen molar-refractivity contribution in [1.29, 1.82) is 0 Å². The van der Waals surface area contributed by atoms with Gasteiger partial charge in [0, 0.05) is 10.9 Å². The molecule has 2 aromatic carbocycles. The van der Waals surface area contributed by atoms with Crippen molar-refractivity contribution in [2.24, 2.45) is 0 Å². The van der Waals surface area contributed by atoms with Gasteiger partial charge in [-0.25, -0.2) is 4.98 Å². The van der Waals surface area contributed by atoms with Crippen molar-refractivity contribution in [3.8, 4) is 11.3 Å². The molecule has 2 heterocycles. The molecule has 7 nitrogen and oxygen atoms in total. The van der Waals surface area contributed by atoms with Crippen molar-refractivity contribution in [3.05, 3.63) is 70.8 Å². The van der Waals surface area contributed by atoms with Crippen molar-refractivity contribution < 1.29 is 9.90 Å². The summed E-state index contributed by atoms with van der Waals surface area (Å²) in [6, 6.07) is 16.5. The molecule has 1 atom stereocenters. The van der Waals surface area contributed by atoms with E-state index in [4.69, 9.17) is 5.11 Å². The van der Waals surface area contributed by atoms with Gasteiger partial charge in [0.05, 0.1) is 16.5 Å². The van der Waals surface area contributed by atoms with Gasteiger partial charge in [-0.15, -0.1) is 11.8 Å². The summed E-state index contributed by atoms with van der Waals surface area (Å²) in [5.41, 5.74) is 1.57. The fraction of sp³-hybridized carbons (Fsp3) is 0.150. The Balaban J connectivity index is 1.94. The molecule has 0 aliphatic rings. The molecule has 140 valence electrons. The van der Waals surface area contributed by atoms with Crippen molar-refractivity contribution in [2.45, 2.75) is 17.9 Å². The van der Waals surface area contributed by atoms with E-state index in [-0.39, 0.29) is 5.69 Å². The summed E-state index contributed by atoms with van der Waals surface area (Å²) >= 11 is 1.24. The summed E-state index contributed by atoms with van der Waals surface area (Å²) in [5, 5.41) is 13.8. The average molecular weight is 392 g/mol. The number of carboxylic acids is 1. The van der Waals surface area contributed by atoms with Gasteiger partial charge in [0.15, 0.2) is 11.3 Å². The van der Waals surface area contributed by atoms with E-state index in [0.29, 0.717) is 33.7 Å². The number of aromatic nitrogens is 4. The Kier molecular flexibility index (Phi) is 4.79. The zero-order valence-corrected chi connectivity index (χ0v) is 15.8. The van der Waals surface area contributed by atoms with Gasteiger partial charge in [-0.05, 0) is 19.1 Å². The molecule has 8 heteroatoms. The molecule has 0 aliphatic carbocycles. The molecular formula is C20H16N4O3S. The quantitative estimate of drug-likeness (QED) is 0.521. The highest BCUT2D eigenvalue weighted by Crippen LogP contribution is 2.22. The van der Waals surface area contributed by atoms with Crippen LogP contribution in [0.3, 0.4) is 0 Å². The molecule has 2 aromatic heterocycles. The van der Waals surface area contributed by atoms with Crippen LogP contribution in [-0.2, 0) is 10.5 Å². The third kappa shape index (κ3) is 3.34. The van der Waals surface area contributed by atoms with E-state index in [1.807, 2.05) is 42.5 Å². The van der Waals surface area contributed by atoms with Crippen LogP contribution in [0, 0.1) is 0 Å². The van der Waals surface area contributed by atoms with E-state index in [2.05, 4.69) is 15.1 Å². The molecule has 0 amide bonds. The van der Waals surface area contributed by atoms with Crippen LogP contribution >= 0.6 is 11.8 Å². The maximum atomic E-state index is 12.7. The minimum atomic E-state index is -0.891. The summed E-state index contributed by atoms with van der Waals surface area (Å²) in [7, 11) is 0. The number of hydrogen-bond acceptors (Lipinski definition) is 6. The summed E-state index contributed by atoms with van der Waals surface area (Å²) < 4.78 is 1.55. The lowest BCUT2D eigenvalue weighted by atomic mass is 10.2. The van der Waals surface area contributed by atoms with Crippen LogP contribution in [0.4, 0.5) is 0 Å². The topological polar surface area (TPSA) is 97.5 Å². The lowest BCUT2D eigenvalue weighted by Crippen LogP contribution is -2.19. The number of carbonyl (C=O) groups is 1. The Morgan fingerprint density at radius 2 is 1.82 bits per heavy atom. The van der Waals surface area contributed by atoms with Gasteiger partial charge in [-0.1, -0.05) is 42.5 Å². The standard InChI is InChI=1S/C20H16N4O3S/c1-12(20(26)27)28-11-16-21-15-10-6-5-9-14(15)18-22-19(25)17(23-24(16)18)13-7-3-2-4-8-13/h2-10,12H,11H2,1H3,(H,26,27)/t12-/m0/s1. The Labute approximate surface area is 164 Å². The third-order valence-electron chi connectivity index (χ3n) is 4.31. The highest BCUT2D eigenvalue weighted by molar-refractivity contribution is 7.99. The lowest BCUT2D eigenvalue weighted by molar-refractivity contribution is -0.136. The monoisotopic (exact) mass is 392 g/mol. The first-order valence-electron chi connectivity index (χ1n) is 8.63. The van der Waals surface area contributed by atoms with Gasteiger partial charge in [0.1, 0.15) is 5.82 Å². The number of rotatable bonds is 5. The van der Waals surface area contributed by atoms with E-state index in [9.17, 15) is 9.59 Å². The number of hydrogen-bond donors (Lipinski definition) is 1. The highest BCUT2D eigenvalue weighted by Gasteiger charge is 2.17. The molecule has 1 N–H and O–H groups in total. The van der Waals surface area contributed by atoms with Gasteiger partial charge >= 0.3 is 5.97 Å². The number of benzene rings is 2. The average Bonchev–Trinajstić information content (AvgIpc) is 2.72. The first kappa shape index (κ1) is 18.1. The SMILES string of the molecule is C[C@H](SCc1nc2ccccc2c2nc(=O)c(-c3ccccc3)nn12)C(=O)O. The van der Waals surface area contributed by atoms with Crippen LogP contribution in [0.1, 0.15) is 12.7 Å². The predicted octanol–water partition coefficient (Wildman–Crippen LogP) is 3.01. The molecule has 0 radical (unpaired) electrons. The molecule has 0 saturated carbocycles. The van der Waals surface area contributed by atoms with Gasteiger partial charge in [0.2, 0.25) is 0 Å². The predicted molar refractivity (Wildman–Crippen MR) is 108 cm³/mol. The number of fused-ring (bicyclic) bond motifs is 3. The number of aliphatic carboxylic acids is 1. The second-order valence-electron chi connectivity index (χ2n) is 6.20. The normalized spacial score (nSPS) is 12.3. The van der Waals surface area contributed by atoms with Crippen LogP contribution in [0.15, 0.2) is 59.4 Å². The molecule has 28 heavy (non-hydrogen) atoms. The van der Waals surface area contributed by atoms with Gasteiger partial charge < -0.3 is 5.11 Å². The van der Waals surface area contributed by atoms with Crippen molar-refractivity contribution in [3.63, 3.8) is 0 Å². The zero-order chi connectivity index (χ0) is 19.7. The first-order valence-corrected chi connectivity index (χ1v) is 9.68. The van der Waals surface area contributed by atoms with Crippen LogP contribution in [-0.4, -0.2) is 35.9 Å². The van der Waals surface area contributed by atoms with Crippen LogP contribution in [0.5, 0.6) is 0 Å². The van der Waals surface area contributed by atoms with Crippen molar-refractivity contribution in [2.75, 3.05) is 0 Å². The first-order chi connectivity index (χ1) is 13.5. The zero-order valence-electron chi connectivity index (χ0n) is 14.9. The molecule has 0 spiro atoms. The molecule has 0 bridgehead atoms. The molecule has 0 saturated heterocycles. The minimum Gasteiger partial charge on any atom is -0.480 e.